The maximum Gasteiger partial charge on any atom is 0.0982 e. The summed E-state index contributed by atoms with van der Waals surface area (Å²) in [4.78, 5) is 0. The average Bonchev–Trinajstić information content (AvgIpc) is 2.70. The van der Waals surface area contributed by atoms with E-state index in [0.29, 0.717) is 5.37 Å². The van der Waals surface area contributed by atoms with Crippen molar-refractivity contribution in [1.82, 2.24) is 5.43 Å². The fourth-order valence-corrected chi connectivity index (χ4v) is 2.12. The number of nitrogens with zero attached hydrogens (tertiary/aromatic N) is 1. The van der Waals surface area contributed by atoms with Gasteiger partial charge >= 0.3 is 0 Å². The largest absolute Gasteiger partial charge is 0.296 e. The molecule has 0 aromatic rings. The molecular formula is C7H12N2S. The highest BCUT2D eigenvalue weighted by Crippen LogP contribution is 2.38. The van der Waals surface area contributed by atoms with Crippen LogP contribution in [0.2, 0.25) is 0 Å². The molecule has 0 spiro atoms. The lowest BCUT2D eigenvalue weighted by atomic mass is 10.5. The first-order valence-corrected chi connectivity index (χ1v) is 4.78. The molecule has 1 saturated carbocycles. The lowest BCUT2D eigenvalue weighted by molar-refractivity contribution is 0.682. The molecule has 1 aliphatic heterocycles. The Morgan fingerprint density at radius 1 is 1.70 bits per heavy atom. The Bertz CT molecular complexity index is 163. The van der Waals surface area contributed by atoms with Crippen molar-refractivity contribution in [3.05, 3.63) is 0 Å². The zero-order chi connectivity index (χ0) is 6.97. The fraction of sp³-hybridized carbons (Fsp3) is 0.857. The van der Waals surface area contributed by atoms with Gasteiger partial charge in [-0.05, 0) is 19.3 Å². The minimum Gasteiger partial charge on any atom is -0.296 e. The maximum atomic E-state index is 4.28. The van der Waals surface area contributed by atoms with E-state index in [2.05, 4.69) is 17.5 Å². The molecule has 1 atom stereocenters. The summed E-state index contributed by atoms with van der Waals surface area (Å²) in [6.07, 6.45) is 3.90. The van der Waals surface area contributed by atoms with Crippen LogP contribution in [0, 0.1) is 5.92 Å². The molecule has 1 aliphatic carbocycles. The zero-order valence-corrected chi connectivity index (χ0v) is 6.95. The highest BCUT2D eigenvalue weighted by atomic mass is 32.2. The quantitative estimate of drug-likeness (QED) is 0.659. The summed E-state index contributed by atoms with van der Waals surface area (Å²) in [6.45, 7) is 2.19. The molecule has 2 nitrogen and oxygen atoms in total. The number of hydrazone groups is 1. The fourth-order valence-electron chi connectivity index (χ4n) is 1.03. The first-order chi connectivity index (χ1) is 4.90. The summed E-state index contributed by atoms with van der Waals surface area (Å²) in [7, 11) is 0. The van der Waals surface area contributed by atoms with Crippen molar-refractivity contribution in [2.75, 3.05) is 0 Å². The minimum atomic E-state index is 0.565. The molecule has 2 aliphatic rings. The lowest BCUT2D eigenvalue weighted by Gasteiger charge is -2.02. The third kappa shape index (κ3) is 1.15. The highest BCUT2D eigenvalue weighted by molar-refractivity contribution is 8.14. The molecule has 0 bridgehead atoms. The van der Waals surface area contributed by atoms with Crippen molar-refractivity contribution in [3.63, 3.8) is 0 Å². The van der Waals surface area contributed by atoms with Crippen molar-refractivity contribution >= 4 is 16.8 Å². The molecular weight excluding hydrogens is 144 g/mol. The minimum absolute atomic E-state index is 0.565. The summed E-state index contributed by atoms with van der Waals surface area (Å²) in [5, 5.41) is 6.20. The van der Waals surface area contributed by atoms with E-state index in [1.165, 1.54) is 24.3 Å². The van der Waals surface area contributed by atoms with E-state index in [0.717, 1.165) is 5.92 Å². The van der Waals surface area contributed by atoms with Gasteiger partial charge in [-0.25, -0.2) is 0 Å². The van der Waals surface area contributed by atoms with Crippen LogP contribution in [-0.2, 0) is 0 Å². The van der Waals surface area contributed by atoms with Gasteiger partial charge in [0.25, 0.3) is 0 Å². The highest BCUT2D eigenvalue weighted by Gasteiger charge is 2.32. The number of thioether (sulfide) groups is 1. The van der Waals surface area contributed by atoms with Crippen molar-refractivity contribution in [2.24, 2.45) is 11.0 Å². The van der Waals surface area contributed by atoms with Crippen LogP contribution >= 0.6 is 11.8 Å². The van der Waals surface area contributed by atoms with Crippen LogP contribution in [0.3, 0.4) is 0 Å². The SMILES string of the molecule is CCC1NN=C(C2CC2)S1. The topological polar surface area (TPSA) is 24.4 Å². The normalized spacial score (nSPS) is 31.7. The molecule has 0 aromatic carbocycles. The molecule has 3 heteroatoms. The van der Waals surface area contributed by atoms with Gasteiger partial charge in [0.05, 0.1) is 10.4 Å². The third-order valence-electron chi connectivity index (χ3n) is 1.88. The number of rotatable bonds is 2. The van der Waals surface area contributed by atoms with Crippen LogP contribution in [-0.4, -0.2) is 10.4 Å². The summed E-state index contributed by atoms with van der Waals surface area (Å²) >= 11 is 1.92. The van der Waals surface area contributed by atoms with Gasteiger partial charge in [-0.1, -0.05) is 18.7 Å². The second kappa shape index (κ2) is 2.46. The molecule has 2 rings (SSSR count). The molecule has 0 radical (unpaired) electrons. The predicted octanol–water partition coefficient (Wildman–Crippen LogP) is 1.78. The van der Waals surface area contributed by atoms with Crippen LogP contribution < -0.4 is 5.43 Å². The first kappa shape index (κ1) is 6.53. The second-order valence-corrected chi connectivity index (χ2v) is 4.09. The van der Waals surface area contributed by atoms with Crippen LogP contribution in [0.15, 0.2) is 5.10 Å². The second-order valence-electron chi connectivity index (χ2n) is 2.87. The van der Waals surface area contributed by atoms with Crippen LogP contribution in [0.5, 0.6) is 0 Å². The van der Waals surface area contributed by atoms with Crippen molar-refractivity contribution in [3.8, 4) is 0 Å². The Hall–Kier alpha value is -0.180. The smallest absolute Gasteiger partial charge is 0.0982 e. The lowest BCUT2D eigenvalue weighted by Crippen LogP contribution is -2.13. The molecule has 0 saturated heterocycles. The van der Waals surface area contributed by atoms with Gasteiger partial charge < -0.3 is 0 Å². The molecule has 56 valence electrons. The van der Waals surface area contributed by atoms with E-state index in [9.17, 15) is 0 Å². The monoisotopic (exact) mass is 156 g/mol. The Morgan fingerprint density at radius 3 is 3.00 bits per heavy atom. The van der Waals surface area contributed by atoms with Gasteiger partial charge in [-0.15, -0.1) is 0 Å². The van der Waals surface area contributed by atoms with E-state index in [1.54, 1.807) is 0 Å². The summed E-state index contributed by atoms with van der Waals surface area (Å²) < 4.78 is 0. The van der Waals surface area contributed by atoms with Gasteiger partial charge in [0.15, 0.2) is 0 Å². The number of hydrogen-bond acceptors (Lipinski definition) is 3. The van der Waals surface area contributed by atoms with Crippen LogP contribution in [0.25, 0.3) is 0 Å². The Morgan fingerprint density at radius 2 is 2.50 bits per heavy atom. The van der Waals surface area contributed by atoms with Gasteiger partial charge in [-0.2, -0.15) is 5.10 Å². The molecule has 0 amide bonds. The van der Waals surface area contributed by atoms with Gasteiger partial charge in [0.1, 0.15) is 0 Å². The van der Waals surface area contributed by atoms with Crippen molar-refractivity contribution < 1.29 is 0 Å². The van der Waals surface area contributed by atoms with E-state index >= 15 is 0 Å². The number of nitrogens with one attached hydrogen (secondary N) is 1. The van der Waals surface area contributed by atoms with Crippen molar-refractivity contribution in [1.29, 1.82) is 0 Å². The van der Waals surface area contributed by atoms with E-state index < -0.39 is 0 Å². The molecule has 10 heavy (non-hydrogen) atoms. The molecule has 0 aromatic heterocycles. The molecule has 1 heterocycles. The van der Waals surface area contributed by atoms with Gasteiger partial charge in [0.2, 0.25) is 0 Å². The van der Waals surface area contributed by atoms with Gasteiger partial charge in [-0.3, -0.25) is 5.43 Å². The van der Waals surface area contributed by atoms with E-state index in [-0.39, 0.29) is 0 Å². The average molecular weight is 156 g/mol. The van der Waals surface area contributed by atoms with Gasteiger partial charge in [0, 0.05) is 5.92 Å². The molecule has 1 fully saturated rings. The molecule has 1 unspecified atom stereocenters. The first-order valence-electron chi connectivity index (χ1n) is 3.90. The third-order valence-corrected chi connectivity index (χ3v) is 3.27. The summed E-state index contributed by atoms with van der Waals surface area (Å²) in [5.41, 5.74) is 3.13. The molecule has 1 N–H and O–H groups in total. The maximum absolute atomic E-state index is 4.28. The Labute approximate surface area is 65.5 Å². The van der Waals surface area contributed by atoms with E-state index in [4.69, 9.17) is 0 Å². The van der Waals surface area contributed by atoms with Crippen molar-refractivity contribution in [2.45, 2.75) is 31.6 Å². The summed E-state index contributed by atoms with van der Waals surface area (Å²) in [6, 6.07) is 0. The Kier molecular flexibility index (Phi) is 1.60. The zero-order valence-electron chi connectivity index (χ0n) is 6.13. The number of hydrogen-bond donors (Lipinski definition) is 1. The predicted molar refractivity (Wildman–Crippen MR) is 45.0 cm³/mol. The van der Waals surface area contributed by atoms with Crippen LogP contribution in [0.4, 0.5) is 0 Å². The van der Waals surface area contributed by atoms with Crippen LogP contribution in [0.1, 0.15) is 26.2 Å². The standard InChI is InChI=1S/C7H12N2S/c1-2-6-8-9-7(10-6)5-3-4-5/h5-6,8H,2-4H2,1H3. The van der Waals surface area contributed by atoms with E-state index in [1.807, 2.05) is 11.8 Å². The Balaban J connectivity index is 1.89. The summed E-state index contributed by atoms with van der Waals surface area (Å²) in [5.74, 6) is 0.828.